The highest BCUT2D eigenvalue weighted by Crippen LogP contribution is 2.56. The van der Waals surface area contributed by atoms with E-state index in [1.165, 1.54) is 12.0 Å². The predicted octanol–water partition coefficient (Wildman–Crippen LogP) is 3.49. The lowest BCUT2D eigenvalue weighted by Gasteiger charge is -2.20. The van der Waals surface area contributed by atoms with Gasteiger partial charge < -0.3 is 14.8 Å². The maximum Gasteiger partial charge on any atom is 0.257 e. The normalized spacial score (nSPS) is 26.2. The first-order chi connectivity index (χ1) is 15.0. The molecule has 5 rings (SSSR count). The summed E-state index contributed by atoms with van der Waals surface area (Å²) in [5.74, 6) is 0.429. The van der Waals surface area contributed by atoms with Crippen LogP contribution in [-0.4, -0.2) is 31.9 Å². The van der Waals surface area contributed by atoms with Crippen molar-refractivity contribution < 1.29 is 23.9 Å². The Hall–Kier alpha value is -3.35. The second kappa shape index (κ2) is 7.41. The molecule has 7 nitrogen and oxygen atoms in total. The molecule has 2 saturated carbocycles. The fourth-order valence-corrected chi connectivity index (χ4v) is 5.60. The minimum absolute atomic E-state index is 0.163. The van der Waals surface area contributed by atoms with Gasteiger partial charge in [0.05, 0.1) is 43.0 Å². The van der Waals surface area contributed by atoms with Gasteiger partial charge in [-0.25, -0.2) is 4.90 Å². The lowest BCUT2D eigenvalue weighted by Crippen LogP contribution is -2.34. The van der Waals surface area contributed by atoms with Crippen molar-refractivity contribution in [1.82, 2.24) is 0 Å². The molecule has 160 valence electrons. The van der Waals surface area contributed by atoms with E-state index in [1.807, 2.05) is 0 Å². The number of fused-ring (bicyclic) bond motifs is 5. The summed E-state index contributed by atoms with van der Waals surface area (Å²) in [5.41, 5.74) is 1.09. The van der Waals surface area contributed by atoms with Gasteiger partial charge in [0.25, 0.3) is 5.91 Å². The SMILES string of the molecule is COc1ccc(NC(=O)c2ccccc2N2C(=O)[C@H]3[C@H]4CC[C@@H](C4)[C@@H]3C2=O)c(OC)c1. The van der Waals surface area contributed by atoms with Crippen molar-refractivity contribution in [3.63, 3.8) is 0 Å². The van der Waals surface area contributed by atoms with E-state index in [4.69, 9.17) is 9.47 Å². The van der Waals surface area contributed by atoms with Crippen LogP contribution in [-0.2, 0) is 9.59 Å². The summed E-state index contributed by atoms with van der Waals surface area (Å²) in [4.78, 5) is 40.9. The zero-order valence-corrected chi connectivity index (χ0v) is 17.5. The Labute approximate surface area is 180 Å². The van der Waals surface area contributed by atoms with E-state index in [0.717, 1.165) is 19.3 Å². The van der Waals surface area contributed by atoms with Crippen LogP contribution in [0.1, 0.15) is 29.6 Å². The van der Waals surface area contributed by atoms with Crippen molar-refractivity contribution in [3.8, 4) is 11.5 Å². The lowest BCUT2D eigenvalue weighted by atomic mass is 9.81. The van der Waals surface area contributed by atoms with E-state index in [0.29, 0.717) is 34.7 Å². The molecule has 2 aromatic carbocycles. The summed E-state index contributed by atoms with van der Waals surface area (Å²) in [6, 6.07) is 11.8. The van der Waals surface area contributed by atoms with E-state index < -0.39 is 5.91 Å². The number of hydrogen-bond donors (Lipinski definition) is 1. The molecule has 2 aromatic rings. The highest BCUT2D eigenvalue weighted by atomic mass is 16.5. The number of imide groups is 1. The van der Waals surface area contributed by atoms with E-state index in [9.17, 15) is 14.4 Å². The van der Waals surface area contributed by atoms with E-state index in [-0.39, 0.29) is 29.2 Å². The minimum atomic E-state index is -0.417. The third-order valence-corrected chi connectivity index (χ3v) is 6.97. The lowest BCUT2D eigenvalue weighted by molar-refractivity contribution is -0.123. The van der Waals surface area contributed by atoms with E-state index in [1.54, 1.807) is 49.6 Å². The van der Waals surface area contributed by atoms with Crippen molar-refractivity contribution in [1.29, 1.82) is 0 Å². The Morgan fingerprint density at radius 2 is 1.65 bits per heavy atom. The third-order valence-electron chi connectivity index (χ3n) is 6.97. The Balaban J connectivity index is 1.46. The molecule has 2 bridgehead atoms. The molecule has 1 N–H and O–H groups in total. The molecule has 1 heterocycles. The van der Waals surface area contributed by atoms with Gasteiger partial charge in [-0.3, -0.25) is 14.4 Å². The van der Waals surface area contributed by atoms with Crippen molar-refractivity contribution in [2.24, 2.45) is 23.7 Å². The zero-order chi connectivity index (χ0) is 21.7. The molecule has 4 atom stereocenters. The van der Waals surface area contributed by atoms with Gasteiger partial charge in [-0.05, 0) is 55.4 Å². The van der Waals surface area contributed by atoms with Crippen LogP contribution in [0.25, 0.3) is 0 Å². The van der Waals surface area contributed by atoms with Crippen LogP contribution in [0.2, 0.25) is 0 Å². The van der Waals surface area contributed by atoms with Gasteiger partial charge in [-0.1, -0.05) is 12.1 Å². The highest BCUT2D eigenvalue weighted by Gasteiger charge is 2.61. The van der Waals surface area contributed by atoms with Crippen LogP contribution in [0.5, 0.6) is 11.5 Å². The number of hydrogen-bond acceptors (Lipinski definition) is 5. The number of anilines is 2. The molecule has 2 aliphatic carbocycles. The number of carbonyl (C=O) groups excluding carboxylic acids is 3. The second-order valence-electron chi connectivity index (χ2n) is 8.43. The van der Waals surface area contributed by atoms with Crippen LogP contribution in [0.3, 0.4) is 0 Å². The summed E-state index contributed by atoms with van der Waals surface area (Å²) in [6.45, 7) is 0. The summed E-state index contributed by atoms with van der Waals surface area (Å²) >= 11 is 0. The molecule has 3 fully saturated rings. The number of nitrogens with zero attached hydrogens (tertiary/aromatic N) is 1. The topological polar surface area (TPSA) is 84.9 Å². The van der Waals surface area contributed by atoms with Crippen molar-refractivity contribution in [2.45, 2.75) is 19.3 Å². The molecule has 3 amide bonds. The predicted molar refractivity (Wildman–Crippen MR) is 114 cm³/mol. The molecule has 0 spiro atoms. The van der Waals surface area contributed by atoms with Gasteiger partial charge in [0.15, 0.2) is 0 Å². The highest BCUT2D eigenvalue weighted by molar-refractivity contribution is 6.25. The second-order valence-corrected chi connectivity index (χ2v) is 8.43. The third kappa shape index (κ3) is 2.99. The van der Waals surface area contributed by atoms with Gasteiger partial charge in [-0.15, -0.1) is 0 Å². The molecular weight excluding hydrogens is 396 g/mol. The number of para-hydroxylation sites is 1. The van der Waals surface area contributed by atoms with Crippen LogP contribution in [0.15, 0.2) is 42.5 Å². The molecule has 1 aliphatic heterocycles. The van der Waals surface area contributed by atoms with Gasteiger partial charge in [0, 0.05) is 6.07 Å². The summed E-state index contributed by atoms with van der Waals surface area (Å²) in [6.07, 6.45) is 3.00. The van der Waals surface area contributed by atoms with Gasteiger partial charge >= 0.3 is 0 Å². The van der Waals surface area contributed by atoms with Gasteiger partial charge in [-0.2, -0.15) is 0 Å². The monoisotopic (exact) mass is 420 g/mol. The number of ether oxygens (including phenoxy) is 2. The zero-order valence-electron chi connectivity index (χ0n) is 17.5. The van der Waals surface area contributed by atoms with Crippen LogP contribution < -0.4 is 19.7 Å². The smallest absolute Gasteiger partial charge is 0.257 e. The van der Waals surface area contributed by atoms with Crippen molar-refractivity contribution in [3.05, 3.63) is 48.0 Å². The van der Waals surface area contributed by atoms with Crippen molar-refractivity contribution >= 4 is 29.1 Å². The molecule has 0 radical (unpaired) electrons. The number of nitrogens with one attached hydrogen (secondary N) is 1. The number of amides is 3. The fourth-order valence-electron chi connectivity index (χ4n) is 5.60. The number of carbonyl (C=O) groups is 3. The Kier molecular flexibility index (Phi) is 4.68. The van der Waals surface area contributed by atoms with Crippen molar-refractivity contribution in [2.75, 3.05) is 24.4 Å². The standard InChI is InChI=1S/C24H24N2O5/c1-30-15-9-10-17(19(12-15)31-2)25-22(27)16-5-3-4-6-18(16)26-23(28)20-13-7-8-14(11-13)21(20)24(26)29/h3-6,9-10,12-14,20-21H,7-8,11H2,1-2H3,(H,25,27)/t13-,14-,20-,21-/m0/s1. The molecule has 1 saturated heterocycles. The van der Waals surface area contributed by atoms with E-state index in [2.05, 4.69) is 5.32 Å². The number of methoxy groups -OCH3 is 2. The summed E-state index contributed by atoms with van der Waals surface area (Å²) < 4.78 is 10.6. The molecule has 0 aromatic heterocycles. The van der Waals surface area contributed by atoms with Crippen LogP contribution >= 0.6 is 0 Å². The van der Waals surface area contributed by atoms with Crippen LogP contribution in [0.4, 0.5) is 11.4 Å². The fraction of sp³-hybridized carbons (Fsp3) is 0.375. The quantitative estimate of drug-likeness (QED) is 0.749. The van der Waals surface area contributed by atoms with Gasteiger partial charge in [0.1, 0.15) is 11.5 Å². The first-order valence-electron chi connectivity index (χ1n) is 10.5. The first kappa shape index (κ1) is 19.6. The molecule has 3 aliphatic rings. The van der Waals surface area contributed by atoms with E-state index >= 15 is 0 Å². The Morgan fingerprint density at radius 3 is 2.29 bits per heavy atom. The molecule has 0 unspecified atom stereocenters. The molecular formula is C24H24N2O5. The average Bonchev–Trinajstić information content (AvgIpc) is 3.47. The number of benzene rings is 2. The van der Waals surface area contributed by atoms with Crippen LogP contribution in [0, 0.1) is 23.7 Å². The summed E-state index contributed by atoms with van der Waals surface area (Å²) in [5, 5.41) is 2.83. The maximum atomic E-state index is 13.2. The number of rotatable bonds is 5. The Morgan fingerprint density at radius 1 is 0.968 bits per heavy atom. The largest absolute Gasteiger partial charge is 0.497 e. The molecule has 7 heteroatoms. The average molecular weight is 420 g/mol. The first-order valence-corrected chi connectivity index (χ1v) is 10.5. The summed E-state index contributed by atoms with van der Waals surface area (Å²) in [7, 11) is 3.06. The maximum absolute atomic E-state index is 13.2. The minimum Gasteiger partial charge on any atom is -0.497 e. The molecule has 31 heavy (non-hydrogen) atoms. The Bertz CT molecular complexity index is 1050. The van der Waals surface area contributed by atoms with Gasteiger partial charge in [0.2, 0.25) is 11.8 Å².